The monoisotopic (exact) mass is 507 g/mol. The third-order valence-electron chi connectivity index (χ3n) is 5.94. The third kappa shape index (κ3) is 5.72. The second-order valence-electron chi connectivity index (χ2n) is 8.33. The van der Waals surface area contributed by atoms with Crippen LogP contribution in [0.2, 0.25) is 0 Å². The zero-order valence-corrected chi connectivity index (χ0v) is 21.1. The second-order valence-corrected chi connectivity index (χ2v) is 9.11. The molecule has 3 N–H and O–H groups in total. The molecule has 0 saturated heterocycles. The molecule has 36 heavy (non-hydrogen) atoms. The maximum Gasteiger partial charge on any atom is 0.336 e. The largest absolute Gasteiger partial charge is 0.463 e. The summed E-state index contributed by atoms with van der Waals surface area (Å²) in [4.78, 5) is 24.1. The van der Waals surface area contributed by atoms with Crippen molar-refractivity contribution < 1.29 is 14.5 Å². The lowest BCUT2D eigenvalue weighted by molar-refractivity contribution is -0.384. The minimum Gasteiger partial charge on any atom is -0.463 e. The number of para-hydroxylation sites is 1. The molecular weight excluding hydrogens is 478 g/mol. The first-order valence-electron chi connectivity index (χ1n) is 11.9. The summed E-state index contributed by atoms with van der Waals surface area (Å²) in [6, 6.07) is 16.5. The predicted molar refractivity (Wildman–Crippen MR) is 142 cm³/mol. The number of hydrogen-bond donors (Lipinski definition) is 3. The number of esters is 1. The molecule has 9 nitrogen and oxygen atoms in total. The van der Waals surface area contributed by atoms with E-state index in [0.29, 0.717) is 29.8 Å². The number of nitrogens with one attached hydrogen (secondary N) is 3. The number of fused-ring (bicyclic) bond motifs is 1. The number of aromatic nitrogens is 1. The standard InChI is InChI=1S/C26H29N5O4S/c1-3-35-26(32)22-17(2)29-25-24(23(22)18-8-7-11-20(16-18)31(33)34)21(30-36-25)12-13-27-14-15-28-19-9-5-4-6-10-19/h4-11,16,23,27-29H,3,12-15H2,1-2H3. The fourth-order valence-electron chi connectivity index (χ4n) is 4.31. The van der Waals surface area contributed by atoms with Crippen LogP contribution < -0.4 is 16.0 Å². The molecule has 1 unspecified atom stereocenters. The lowest BCUT2D eigenvalue weighted by Gasteiger charge is -2.28. The van der Waals surface area contributed by atoms with Gasteiger partial charge in [0.1, 0.15) is 5.00 Å². The molecule has 0 spiro atoms. The van der Waals surface area contributed by atoms with Crippen molar-refractivity contribution in [1.29, 1.82) is 0 Å². The van der Waals surface area contributed by atoms with Crippen molar-refractivity contribution in [2.75, 3.05) is 36.9 Å². The van der Waals surface area contributed by atoms with Gasteiger partial charge in [0.05, 0.1) is 22.8 Å². The van der Waals surface area contributed by atoms with Crippen molar-refractivity contribution in [2.45, 2.75) is 26.2 Å². The van der Waals surface area contributed by atoms with Crippen LogP contribution >= 0.6 is 11.5 Å². The summed E-state index contributed by atoms with van der Waals surface area (Å²) in [5.41, 5.74) is 4.56. The Morgan fingerprint density at radius 3 is 2.72 bits per heavy atom. The summed E-state index contributed by atoms with van der Waals surface area (Å²) >= 11 is 1.34. The number of carbonyl (C=O) groups is 1. The van der Waals surface area contributed by atoms with Crippen LogP contribution in [-0.2, 0) is 16.0 Å². The van der Waals surface area contributed by atoms with Gasteiger partial charge in [-0.3, -0.25) is 10.1 Å². The Balaban J connectivity index is 1.54. The highest BCUT2D eigenvalue weighted by molar-refractivity contribution is 7.10. The maximum atomic E-state index is 13.0. The van der Waals surface area contributed by atoms with Gasteiger partial charge in [0, 0.05) is 61.1 Å². The Morgan fingerprint density at radius 2 is 1.97 bits per heavy atom. The van der Waals surface area contributed by atoms with E-state index in [4.69, 9.17) is 4.74 Å². The summed E-state index contributed by atoms with van der Waals surface area (Å²) in [5.74, 6) is -0.944. The van der Waals surface area contributed by atoms with Crippen LogP contribution in [0.1, 0.15) is 36.6 Å². The fourth-order valence-corrected chi connectivity index (χ4v) is 5.23. The van der Waals surface area contributed by atoms with Gasteiger partial charge in [0.25, 0.3) is 5.69 Å². The zero-order valence-electron chi connectivity index (χ0n) is 20.2. The van der Waals surface area contributed by atoms with E-state index in [0.717, 1.165) is 35.0 Å². The van der Waals surface area contributed by atoms with Crippen LogP contribution in [0.15, 0.2) is 65.9 Å². The molecule has 0 aliphatic carbocycles. The van der Waals surface area contributed by atoms with Gasteiger partial charge in [-0.25, -0.2) is 4.79 Å². The summed E-state index contributed by atoms with van der Waals surface area (Å²) < 4.78 is 10.0. The van der Waals surface area contributed by atoms with Gasteiger partial charge in [-0.2, -0.15) is 4.37 Å². The van der Waals surface area contributed by atoms with Gasteiger partial charge in [0.2, 0.25) is 0 Å². The van der Waals surface area contributed by atoms with Gasteiger partial charge < -0.3 is 20.7 Å². The smallest absolute Gasteiger partial charge is 0.336 e. The molecular formula is C26H29N5O4S. The minimum atomic E-state index is -0.506. The molecule has 0 fully saturated rings. The van der Waals surface area contributed by atoms with E-state index in [1.165, 1.54) is 23.7 Å². The maximum absolute atomic E-state index is 13.0. The van der Waals surface area contributed by atoms with Gasteiger partial charge in [-0.15, -0.1) is 0 Å². The summed E-state index contributed by atoms with van der Waals surface area (Å²) in [7, 11) is 0. The number of anilines is 2. The highest BCUT2D eigenvalue weighted by Gasteiger charge is 2.37. The molecule has 0 amide bonds. The second kappa shape index (κ2) is 11.8. The molecule has 188 valence electrons. The average molecular weight is 508 g/mol. The number of benzene rings is 2. The zero-order chi connectivity index (χ0) is 25.5. The van der Waals surface area contributed by atoms with Gasteiger partial charge in [0.15, 0.2) is 0 Å². The average Bonchev–Trinajstić information content (AvgIpc) is 3.28. The molecule has 1 atom stereocenters. The van der Waals surface area contributed by atoms with E-state index in [1.807, 2.05) is 43.3 Å². The normalized spacial score (nSPS) is 14.7. The first kappa shape index (κ1) is 25.3. The Hall–Kier alpha value is -3.76. The topological polar surface area (TPSA) is 118 Å². The number of nitro benzene ring substituents is 1. The van der Waals surface area contributed by atoms with E-state index in [1.54, 1.807) is 13.0 Å². The lowest BCUT2D eigenvalue weighted by atomic mass is 9.81. The molecule has 0 saturated carbocycles. The third-order valence-corrected chi connectivity index (χ3v) is 6.75. The van der Waals surface area contributed by atoms with Crippen LogP contribution in [0.25, 0.3) is 0 Å². The molecule has 10 heteroatoms. The molecule has 0 radical (unpaired) electrons. The number of rotatable bonds is 11. The number of carbonyl (C=O) groups excluding carboxylic acids is 1. The van der Waals surface area contributed by atoms with Crippen molar-refractivity contribution in [3.8, 4) is 0 Å². The lowest BCUT2D eigenvalue weighted by Crippen LogP contribution is -2.26. The molecule has 1 aliphatic rings. The summed E-state index contributed by atoms with van der Waals surface area (Å²) in [6.07, 6.45) is 0.652. The molecule has 0 bridgehead atoms. The quantitative estimate of drug-likeness (QED) is 0.148. The van der Waals surface area contributed by atoms with Crippen molar-refractivity contribution in [3.63, 3.8) is 0 Å². The van der Waals surface area contributed by atoms with E-state index in [-0.39, 0.29) is 12.3 Å². The highest BCUT2D eigenvalue weighted by Crippen LogP contribution is 2.46. The van der Waals surface area contributed by atoms with Crippen molar-refractivity contribution >= 4 is 33.9 Å². The van der Waals surface area contributed by atoms with E-state index in [9.17, 15) is 14.9 Å². The number of non-ortho nitro benzene ring substituents is 1. The number of hydrogen-bond acceptors (Lipinski definition) is 9. The Bertz CT molecular complexity index is 1260. The first-order valence-corrected chi connectivity index (χ1v) is 12.6. The summed E-state index contributed by atoms with van der Waals surface area (Å²) in [6.45, 7) is 6.08. The van der Waals surface area contributed by atoms with E-state index >= 15 is 0 Å². The van der Waals surface area contributed by atoms with Crippen LogP contribution in [0, 0.1) is 10.1 Å². The molecule has 2 aromatic carbocycles. The van der Waals surface area contributed by atoms with Crippen molar-refractivity contribution in [2.24, 2.45) is 0 Å². The van der Waals surface area contributed by atoms with E-state index < -0.39 is 16.8 Å². The predicted octanol–water partition coefficient (Wildman–Crippen LogP) is 4.69. The molecule has 1 aromatic heterocycles. The molecule has 2 heterocycles. The fraction of sp³-hybridized carbons (Fsp3) is 0.308. The molecule has 1 aliphatic heterocycles. The number of nitrogens with zero attached hydrogens (tertiary/aromatic N) is 2. The Morgan fingerprint density at radius 1 is 1.17 bits per heavy atom. The van der Waals surface area contributed by atoms with Crippen molar-refractivity contribution in [1.82, 2.24) is 9.69 Å². The van der Waals surface area contributed by atoms with Crippen LogP contribution in [0.5, 0.6) is 0 Å². The SMILES string of the molecule is CCOC(=O)C1=C(C)Nc2snc(CCNCCNc3ccccc3)c2C1c1cccc([N+](=O)[O-])c1. The number of ether oxygens (including phenoxy) is 1. The van der Waals surface area contributed by atoms with Crippen LogP contribution in [-0.4, -0.2) is 41.5 Å². The Labute approximate surface area is 213 Å². The number of allylic oxidation sites excluding steroid dienone is 1. The molecule has 4 rings (SSSR count). The van der Waals surface area contributed by atoms with Gasteiger partial charge in [-0.05, 0) is 43.1 Å². The first-order chi connectivity index (χ1) is 17.5. The highest BCUT2D eigenvalue weighted by atomic mass is 32.1. The summed E-state index contributed by atoms with van der Waals surface area (Å²) in [5, 5.41) is 22.4. The van der Waals surface area contributed by atoms with Crippen LogP contribution in [0.3, 0.4) is 0 Å². The number of nitro groups is 1. The van der Waals surface area contributed by atoms with E-state index in [2.05, 4.69) is 20.3 Å². The van der Waals surface area contributed by atoms with Gasteiger partial charge >= 0.3 is 5.97 Å². The minimum absolute atomic E-state index is 0.0224. The van der Waals surface area contributed by atoms with Gasteiger partial charge in [-0.1, -0.05) is 30.3 Å². The van der Waals surface area contributed by atoms with Crippen molar-refractivity contribution in [3.05, 3.63) is 92.8 Å². The Kier molecular flexibility index (Phi) is 8.29. The molecule has 3 aromatic rings. The van der Waals surface area contributed by atoms with Crippen LogP contribution in [0.4, 0.5) is 16.4 Å².